The van der Waals surface area contributed by atoms with Crippen LogP contribution in [0, 0.1) is 5.41 Å². The van der Waals surface area contributed by atoms with Crippen LogP contribution >= 0.6 is 0 Å². The van der Waals surface area contributed by atoms with Crippen molar-refractivity contribution in [3.8, 4) is 0 Å². The molecule has 1 saturated carbocycles. The Hall–Kier alpha value is -2.48. The molecule has 0 aromatic heterocycles. The van der Waals surface area contributed by atoms with Crippen LogP contribution < -0.4 is 10.6 Å². The van der Waals surface area contributed by atoms with Crippen molar-refractivity contribution in [1.82, 2.24) is 5.32 Å². The minimum atomic E-state index is -3.50. The second-order valence-corrected chi connectivity index (χ2v) is 9.01. The summed E-state index contributed by atoms with van der Waals surface area (Å²) in [5, 5.41) is 4.98. The van der Waals surface area contributed by atoms with E-state index >= 15 is 0 Å². The fourth-order valence-corrected chi connectivity index (χ4v) is 4.11. The van der Waals surface area contributed by atoms with E-state index < -0.39 is 27.2 Å². The van der Waals surface area contributed by atoms with Crippen LogP contribution in [0.3, 0.4) is 0 Å². The Bertz CT molecular complexity index is 948. The summed E-state index contributed by atoms with van der Waals surface area (Å²) in [6.07, 6.45) is -0.243. The molecule has 1 atom stereocenters. The molecule has 1 unspecified atom stereocenters. The van der Waals surface area contributed by atoms with E-state index in [-0.39, 0.29) is 23.6 Å². The molecule has 3 rings (SSSR count). The highest BCUT2D eigenvalue weighted by molar-refractivity contribution is 7.90. The lowest BCUT2D eigenvalue weighted by molar-refractivity contribution is 0.0709. The molecule has 0 aliphatic heterocycles. The normalized spacial score (nSPS) is 20.7. The van der Waals surface area contributed by atoms with Gasteiger partial charge in [-0.05, 0) is 29.8 Å². The molecule has 0 heterocycles. The second-order valence-electron chi connectivity index (χ2n) is 7.02. The molecule has 2 aromatic carbocycles. The first kappa shape index (κ1) is 19.3. The lowest BCUT2D eigenvalue weighted by Gasteiger charge is -2.13. The Morgan fingerprint density at radius 3 is 2.41 bits per heavy atom. The summed E-state index contributed by atoms with van der Waals surface area (Å²) in [7, 11) is -3.50. The van der Waals surface area contributed by atoms with Gasteiger partial charge in [-0.1, -0.05) is 37.3 Å². The van der Waals surface area contributed by atoms with E-state index in [0.29, 0.717) is 11.3 Å². The van der Waals surface area contributed by atoms with Crippen molar-refractivity contribution in [2.75, 3.05) is 11.9 Å². The molecule has 5 nitrogen and oxygen atoms in total. The summed E-state index contributed by atoms with van der Waals surface area (Å²) < 4.78 is 51.2. The molecule has 8 heteroatoms. The SMILES string of the molecule is CC1(CNC(=O)Nc2cccc(CS(=O)(=O)c3ccccc3)c2)CC1(F)F. The Morgan fingerprint density at radius 1 is 1.11 bits per heavy atom. The number of carbonyl (C=O) groups excluding carboxylic acids is 1. The van der Waals surface area contributed by atoms with Crippen LogP contribution in [0.5, 0.6) is 0 Å². The van der Waals surface area contributed by atoms with Crippen molar-refractivity contribution in [1.29, 1.82) is 0 Å². The molecule has 0 bridgehead atoms. The van der Waals surface area contributed by atoms with Crippen LogP contribution in [0.15, 0.2) is 59.5 Å². The number of hydrogen-bond donors (Lipinski definition) is 2. The first-order valence-corrected chi connectivity index (χ1v) is 10.1. The van der Waals surface area contributed by atoms with Gasteiger partial charge in [-0.25, -0.2) is 22.0 Å². The molecule has 1 aliphatic carbocycles. The molecule has 1 fully saturated rings. The molecular formula is C19H20F2N2O3S. The lowest BCUT2D eigenvalue weighted by Crippen LogP contribution is -2.34. The number of anilines is 1. The van der Waals surface area contributed by atoms with Crippen LogP contribution in [-0.2, 0) is 15.6 Å². The highest BCUT2D eigenvalue weighted by Gasteiger charge is 2.67. The minimum absolute atomic E-state index is 0.131. The standard InChI is InChI=1S/C19H20F2N2O3S/c1-18(12-19(18,20)21)13-22-17(24)23-15-7-5-6-14(10-15)11-27(25,26)16-8-3-2-4-9-16/h2-10H,11-13H2,1H3,(H2,22,23,24). The average molecular weight is 394 g/mol. The summed E-state index contributed by atoms with van der Waals surface area (Å²) in [4.78, 5) is 12.2. The molecule has 1 aliphatic rings. The van der Waals surface area contributed by atoms with Gasteiger partial charge in [0.25, 0.3) is 5.92 Å². The topological polar surface area (TPSA) is 75.3 Å². The van der Waals surface area contributed by atoms with Gasteiger partial charge in [-0.3, -0.25) is 0 Å². The number of benzene rings is 2. The molecule has 0 saturated heterocycles. The summed E-state index contributed by atoms with van der Waals surface area (Å²) in [6.45, 7) is 1.29. The van der Waals surface area contributed by atoms with Crippen molar-refractivity contribution in [3.05, 3.63) is 60.2 Å². The smallest absolute Gasteiger partial charge is 0.319 e. The molecule has 2 amide bonds. The Kier molecular flexibility index (Phi) is 4.94. The van der Waals surface area contributed by atoms with Crippen molar-refractivity contribution in [2.24, 2.45) is 5.41 Å². The van der Waals surface area contributed by atoms with E-state index in [1.54, 1.807) is 42.5 Å². The number of rotatable bonds is 6. The number of amides is 2. The van der Waals surface area contributed by atoms with Crippen LogP contribution in [0.2, 0.25) is 0 Å². The van der Waals surface area contributed by atoms with Crippen molar-refractivity contribution >= 4 is 21.6 Å². The zero-order valence-corrected chi connectivity index (χ0v) is 15.5. The minimum Gasteiger partial charge on any atom is -0.337 e. The van der Waals surface area contributed by atoms with E-state index in [4.69, 9.17) is 0 Å². The van der Waals surface area contributed by atoms with E-state index in [1.807, 2.05) is 0 Å². The van der Waals surface area contributed by atoms with Crippen LogP contribution in [0.25, 0.3) is 0 Å². The molecule has 2 N–H and O–H groups in total. The molecule has 27 heavy (non-hydrogen) atoms. The van der Waals surface area contributed by atoms with E-state index in [0.717, 1.165) is 0 Å². The van der Waals surface area contributed by atoms with Gasteiger partial charge in [-0.2, -0.15) is 0 Å². The Morgan fingerprint density at radius 2 is 1.78 bits per heavy atom. The second kappa shape index (κ2) is 6.92. The first-order valence-electron chi connectivity index (χ1n) is 8.41. The maximum Gasteiger partial charge on any atom is 0.319 e. The van der Waals surface area contributed by atoms with Gasteiger partial charge < -0.3 is 10.6 Å². The van der Waals surface area contributed by atoms with Gasteiger partial charge in [-0.15, -0.1) is 0 Å². The van der Waals surface area contributed by atoms with Gasteiger partial charge in [0.2, 0.25) is 0 Å². The maximum absolute atomic E-state index is 13.2. The van der Waals surface area contributed by atoms with Crippen LogP contribution in [-0.4, -0.2) is 26.9 Å². The monoisotopic (exact) mass is 394 g/mol. The highest BCUT2D eigenvalue weighted by atomic mass is 32.2. The third-order valence-corrected chi connectivity index (χ3v) is 6.36. The van der Waals surface area contributed by atoms with E-state index in [9.17, 15) is 22.0 Å². The fraction of sp³-hybridized carbons (Fsp3) is 0.316. The number of nitrogens with one attached hydrogen (secondary N) is 2. The Labute approximate surface area is 156 Å². The van der Waals surface area contributed by atoms with Gasteiger partial charge in [0, 0.05) is 18.7 Å². The summed E-state index contributed by atoms with van der Waals surface area (Å²) in [5.74, 6) is -2.95. The quantitative estimate of drug-likeness (QED) is 0.782. The fourth-order valence-electron chi connectivity index (χ4n) is 2.76. The number of carbonyl (C=O) groups is 1. The van der Waals surface area contributed by atoms with E-state index in [1.165, 1.54) is 19.1 Å². The van der Waals surface area contributed by atoms with Gasteiger partial charge >= 0.3 is 6.03 Å². The predicted molar refractivity (Wildman–Crippen MR) is 98.5 cm³/mol. The third kappa shape index (κ3) is 4.44. The van der Waals surface area contributed by atoms with Gasteiger partial charge in [0.15, 0.2) is 9.84 Å². The summed E-state index contributed by atoms with van der Waals surface area (Å²) >= 11 is 0. The maximum atomic E-state index is 13.2. The van der Waals surface area contributed by atoms with Crippen molar-refractivity contribution in [2.45, 2.75) is 29.9 Å². The largest absolute Gasteiger partial charge is 0.337 e. The van der Waals surface area contributed by atoms with Crippen molar-refractivity contribution < 1.29 is 22.0 Å². The van der Waals surface area contributed by atoms with Gasteiger partial charge in [0.05, 0.1) is 16.1 Å². The zero-order valence-electron chi connectivity index (χ0n) is 14.7. The molecular weight excluding hydrogens is 374 g/mol. The summed E-state index contributed by atoms with van der Waals surface area (Å²) in [6, 6.07) is 13.9. The molecule has 144 valence electrons. The molecule has 2 aromatic rings. The van der Waals surface area contributed by atoms with Gasteiger partial charge in [0.1, 0.15) is 0 Å². The van der Waals surface area contributed by atoms with Crippen LogP contribution in [0.1, 0.15) is 18.9 Å². The number of halogens is 2. The zero-order chi connectivity index (χ0) is 19.7. The lowest BCUT2D eigenvalue weighted by atomic mass is 10.1. The first-order chi connectivity index (χ1) is 12.6. The number of hydrogen-bond acceptors (Lipinski definition) is 3. The summed E-state index contributed by atoms with van der Waals surface area (Å²) in [5.41, 5.74) is -0.297. The Balaban J connectivity index is 1.61. The van der Waals surface area contributed by atoms with Crippen LogP contribution in [0.4, 0.5) is 19.3 Å². The third-order valence-electron chi connectivity index (χ3n) is 4.65. The average Bonchev–Trinajstić information content (AvgIpc) is 3.12. The highest BCUT2D eigenvalue weighted by Crippen LogP contribution is 2.59. The molecule has 0 radical (unpaired) electrons. The predicted octanol–water partition coefficient (Wildman–Crippen LogP) is 3.83. The van der Waals surface area contributed by atoms with Crippen molar-refractivity contribution in [3.63, 3.8) is 0 Å². The number of sulfone groups is 1. The molecule has 0 spiro atoms. The van der Waals surface area contributed by atoms with E-state index in [2.05, 4.69) is 10.6 Å². The number of urea groups is 1. The number of alkyl halides is 2.